The summed E-state index contributed by atoms with van der Waals surface area (Å²) >= 11 is 14.0. The van der Waals surface area contributed by atoms with Gasteiger partial charge in [0.25, 0.3) is 10.0 Å². The van der Waals surface area contributed by atoms with Crippen molar-refractivity contribution >= 4 is 147 Å². The topological polar surface area (TPSA) is 126 Å². The van der Waals surface area contributed by atoms with Crippen LogP contribution < -0.4 is 0 Å². The van der Waals surface area contributed by atoms with Gasteiger partial charge in [-0.15, -0.1) is 68.0 Å². The second kappa shape index (κ2) is 29.0. The zero-order chi connectivity index (χ0) is 70.9. The Morgan fingerprint density at radius 3 is 1.29 bits per heavy atom. The first-order valence-electron chi connectivity index (χ1n) is 33.3. The summed E-state index contributed by atoms with van der Waals surface area (Å²) in [7, 11) is -6.42. The van der Waals surface area contributed by atoms with Crippen LogP contribution in [0.15, 0.2) is 50.0 Å². The largest absolute Gasteiger partial charge is 0.253 e. The van der Waals surface area contributed by atoms with Gasteiger partial charge in [0, 0.05) is 93.1 Å². The molecule has 8 aromatic heterocycles. The van der Waals surface area contributed by atoms with Crippen LogP contribution in [0.1, 0.15) is 291 Å². The smallest absolute Gasteiger partial charge is 0.246 e. The van der Waals surface area contributed by atoms with Crippen molar-refractivity contribution in [2.45, 2.75) is 300 Å². The van der Waals surface area contributed by atoms with Crippen LogP contribution in [0.25, 0.3) is 25.3 Å². The summed E-state index contributed by atoms with van der Waals surface area (Å²) in [5.41, 5.74) is 8.03. The van der Waals surface area contributed by atoms with Crippen LogP contribution in [-0.4, -0.2) is 58.2 Å². The normalized spacial score (nSPS) is 16.3. The van der Waals surface area contributed by atoms with E-state index in [0.717, 1.165) is 36.3 Å². The molecule has 0 saturated carbocycles. The quantitative estimate of drug-likeness (QED) is 0.162. The molecule has 10 nitrogen and oxygen atoms in total. The number of nitrogens with zero attached hydrogens (tertiary/aromatic N) is 6. The minimum atomic E-state index is -3.21. The van der Waals surface area contributed by atoms with E-state index in [-0.39, 0.29) is 44.6 Å². The average molecular weight is 1470 g/mol. The first-order valence-corrected chi connectivity index (χ1v) is 42.7. The van der Waals surface area contributed by atoms with Crippen LogP contribution in [0, 0.1) is 11.3 Å². The van der Waals surface area contributed by atoms with E-state index in [0.29, 0.717) is 45.9 Å². The number of rotatable bonds is 6. The molecule has 0 atom stereocenters. The summed E-state index contributed by atoms with van der Waals surface area (Å²) in [6.45, 7) is 66.4. The second-order valence-corrected chi connectivity index (χ2v) is 45.7. The lowest BCUT2D eigenvalue weighted by Crippen LogP contribution is -2.31. The molecule has 8 aromatic rings. The molecule has 11 heterocycles. The van der Waals surface area contributed by atoms with Crippen molar-refractivity contribution in [3.05, 3.63) is 102 Å². The molecule has 0 spiro atoms. The number of thiazole rings is 3. The molecular formula is C74H110N6O4S10. The van der Waals surface area contributed by atoms with E-state index < -0.39 is 20.0 Å². The van der Waals surface area contributed by atoms with E-state index >= 15 is 0 Å². The van der Waals surface area contributed by atoms with E-state index in [4.69, 9.17) is 19.9 Å². The SMILES string of the molecule is CC(C)(C)C1=Nc2sc(C(C)(C)C)cc2C1.CC(C)(C)c1cc2sc(C(C)(C)C)nc2s1.CC(C)(C)c1nc2sc(C(C)(C)C)nc2s1.CC(C)C1=Cc2sc(C(C)C)cc2C1.CC(C)c1cc2c(s1)CN(C(C)C)S2(=O)=O.CC(C)c1cc2c(s1)S(=O)(=O)N(C(C)C)C2. The van der Waals surface area contributed by atoms with Gasteiger partial charge >= 0.3 is 0 Å². The number of allylic oxidation sites excluding steroid dienone is 1. The van der Waals surface area contributed by atoms with Crippen LogP contribution in [0.2, 0.25) is 0 Å². The zero-order valence-electron chi connectivity index (χ0n) is 62.2. The molecule has 0 saturated heterocycles. The number of fused-ring (bicyclic) bond motifs is 6. The molecule has 12 rings (SSSR count). The van der Waals surface area contributed by atoms with Gasteiger partial charge in [0.15, 0.2) is 9.66 Å². The van der Waals surface area contributed by atoms with Gasteiger partial charge in [-0.3, -0.25) is 0 Å². The fraction of sp³-hybridized carbons (Fsp3) is 0.622. The molecule has 4 aliphatic rings. The van der Waals surface area contributed by atoms with E-state index in [1.54, 1.807) is 53.8 Å². The maximum Gasteiger partial charge on any atom is 0.253 e. The molecular weight excluding hydrogens is 1360 g/mol. The van der Waals surface area contributed by atoms with Crippen LogP contribution in [0.5, 0.6) is 0 Å². The van der Waals surface area contributed by atoms with Crippen molar-refractivity contribution in [2.24, 2.45) is 16.3 Å². The van der Waals surface area contributed by atoms with Crippen LogP contribution in [0.4, 0.5) is 5.00 Å². The third-order valence-electron chi connectivity index (χ3n) is 16.2. The molecule has 520 valence electrons. The molecule has 0 unspecified atom stereocenters. The van der Waals surface area contributed by atoms with Crippen molar-refractivity contribution in [3.8, 4) is 0 Å². The third-order valence-corrected chi connectivity index (χ3v) is 32.7. The van der Waals surface area contributed by atoms with E-state index in [1.807, 2.05) is 85.2 Å². The van der Waals surface area contributed by atoms with Gasteiger partial charge in [-0.25, -0.2) is 36.8 Å². The number of hydrogen-bond acceptors (Lipinski definition) is 16. The molecule has 0 aromatic carbocycles. The molecule has 0 fully saturated rings. The molecule has 0 amide bonds. The number of thiophene rings is 5. The minimum Gasteiger partial charge on any atom is -0.246 e. The maximum absolute atomic E-state index is 12.2. The molecule has 3 aliphatic heterocycles. The standard InChI is InChI=1S/C14H21NS.C13H19NS2.C13H18S.C12H18N2S2.2C11H17NO2S2/c1-13(2,3)10-7-9-8-11(14(4,5)6)16-12(9)15-10;1-12(2,3)9-7-8-10(16-9)14-11(15-8)13(4,5)6;1-8(2)10-5-11-7-12(9(3)4)14-13(11)6-10;1-11(2,3)9-13-7-8(15-9)14-10(16-7)12(4,5)6;1-7(2)9-5-11-10(15-9)6-12(8(3)4)16(11,13)14;1-7(2)10-5-9-6-12(8(3)4)16(13,14)11(9)15-10/h8H,7H2,1-6H3;7H,1-6H3;6-9H,5H2,1-4H3;1-6H3;2*5,7-8H,6H2,1-4H3. The van der Waals surface area contributed by atoms with Gasteiger partial charge < -0.3 is 0 Å². The summed E-state index contributed by atoms with van der Waals surface area (Å²) in [5, 5.41) is 4.85. The van der Waals surface area contributed by atoms with Crippen molar-refractivity contribution in [3.63, 3.8) is 0 Å². The van der Waals surface area contributed by atoms with Crippen molar-refractivity contribution < 1.29 is 16.8 Å². The predicted octanol–water partition coefficient (Wildman–Crippen LogP) is 24.1. The Morgan fingerprint density at radius 2 is 0.872 bits per heavy atom. The van der Waals surface area contributed by atoms with Crippen molar-refractivity contribution in [1.29, 1.82) is 0 Å². The van der Waals surface area contributed by atoms with Gasteiger partial charge in [0.05, 0.1) is 9.60 Å². The second-order valence-electron chi connectivity index (χ2n) is 33.4. The summed E-state index contributed by atoms with van der Waals surface area (Å²) in [4.78, 5) is 32.1. The van der Waals surface area contributed by atoms with Crippen LogP contribution in [-0.2, 0) is 73.1 Å². The number of sulfonamides is 2. The fourth-order valence-corrected chi connectivity index (χ4v) is 23.6. The van der Waals surface area contributed by atoms with Crippen molar-refractivity contribution in [2.75, 3.05) is 0 Å². The van der Waals surface area contributed by atoms with Crippen LogP contribution in [0.3, 0.4) is 0 Å². The van der Waals surface area contributed by atoms with E-state index in [1.165, 1.54) is 78.1 Å². The molecule has 0 bridgehead atoms. The maximum atomic E-state index is 12.2. The summed E-state index contributed by atoms with van der Waals surface area (Å²) in [6.07, 6.45) is 4.64. The Bertz CT molecular complexity index is 3890. The molecule has 0 radical (unpaired) electrons. The average Bonchev–Trinajstić information content (AvgIpc) is 1.63. The first kappa shape index (κ1) is 78.5. The monoisotopic (exact) mass is 1470 g/mol. The van der Waals surface area contributed by atoms with Gasteiger partial charge in [-0.2, -0.15) is 8.61 Å². The number of hydrogen-bond donors (Lipinski definition) is 0. The lowest BCUT2D eigenvalue weighted by atomic mass is 9.87. The predicted molar refractivity (Wildman–Crippen MR) is 418 cm³/mol. The highest BCUT2D eigenvalue weighted by Gasteiger charge is 2.40. The van der Waals surface area contributed by atoms with Gasteiger partial charge in [-0.1, -0.05) is 208 Å². The molecule has 1 aliphatic carbocycles. The summed E-state index contributed by atoms with van der Waals surface area (Å²) < 4.78 is 53.8. The van der Waals surface area contributed by atoms with Gasteiger partial charge in [0.1, 0.15) is 29.1 Å². The Balaban J connectivity index is 0.000000160. The lowest BCUT2D eigenvalue weighted by Gasteiger charge is -2.19. The first-order chi connectivity index (χ1) is 42.8. The fourth-order valence-electron chi connectivity index (χ4n) is 10.0. The van der Waals surface area contributed by atoms with Crippen molar-refractivity contribution in [1.82, 2.24) is 23.6 Å². The Hall–Kier alpha value is -2.86. The van der Waals surface area contributed by atoms with E-state index in [2.05, 4.69) is 204 Å². The minimum absolute atomic E-state index is 0.0344. The highest BCUT2D eigenvalue weighted by Crippen LogP contribution is 2.46. The van der Waals surface area contributed by atoms with Crippen LogP contribution >= 0.6 is 90.7 Å². The zero-order valence-corrected chi connectivity index (χ0v) is 70.3. The Morgan fingerprint density at radius 1 is 0.415 bits per heavy atom. The lowest BCUT2D eigenvalue weighted by molar-refractivity contribution is 0.363. The molecule has 20 heteroatoms. The third kappa shape index (κ3) is 18.6. The Kier molecular flexibility index (Phi) is 24.2. The van der Waals surface area contributed by atoms with Gasteiger partial charge in [0.2, 0.25) is 10.0 Å². The number of aromatic nitrogens is 3. The molecule has 0 N–H and O–H groups in total. The summed E-state index contributed by atoms with van der Waals surface area (Å²) in [6, 6.07) is 11.0. The summed E-state index contributed by atoms with van der Waals surface area (Å²) in [5.74, 6) is 2.19. The Labute approximate surface area is 599 Å². The number of aliphatic imine (C=N–C) groups is 1. The van der Waals surface area contributed by atoms with Gasteiger partial charge in [-0.05, 0) is 122 Å². The molecule has 94 heavy (non-hydrogen) atoms. The van der Waals surface area contributed by atoms with E-state index in [9.17, 15) is 16.8 Å². The highest BCUT2D eigenvalue weighted by molar-refractivity contribution is 7.91. The highest BCUT2D eigenvalue weighted by atomic mass is 32.2.